The molecule has 1 amide bonds. The second-order valence-corrected chi connectivity index (χ2v) is 14.1. The number of amides is 1. The van der Waals surface area contributed by atoms with E-state index in [1.54, 1.807) is 10.9 Å². The highest BCUT2D eigenvalue weighted by Crippen LogP contribution is 2.30. The van der Waals surface area contributed by atoms with Crippen LogP contribution in [0.25, 0.3) is 0 Å². The van der Waals surface area contributed by atoms with Gasteiger partial charge in [-0.25, -0.2) is 17.9 Å². The van der Waals surface area contributed by atoms with Crippen molar-refractivity contribution in [3.8, 4) is 0 Å². The largest absolute Gasteiger partial charge is 0.479 e. The third-order valence-corrected chi connectivity index (χ3v) is 9.95. The number of nitrogens with one attached hydrogen (secondary N) is 1. The number of carboxylic acids is 1. The molecule has 3 saturated heterocycles. The van der Waals surface area contributed by atoms with E-state index in [9.17, 15) is 43.5 Å². The minimum Gasteiger partial charge on any atom is -0.479 e. The Morgan fingerprint density at radius 3 is 2.06 bits per heavy atom. The molecule has 10 atom stereocenters. The lowest BCUT2D eigenvalue weighted by Crippen LogP contribution is -2.66. The molecule has 4 rings (SSSR count). The van der Waals surface area contributed by atoms with Crippen LogP contribution in [0.3, 0.4) is 0 Å². The first kappa shape index (κ1) is 41.1. The van der Waals surface area contributed by atoms with Crippen LogP contribution in [0.15, 0.2) is 6.20 Å². The van der Waals surface area contributed by atoms with Crippen LogP contribution < -0.4 is 10.2 Å². The van der Waals surface area contributed by atoms with Crippen LogP contribution in [0, 0.1) is 0 Å². The predicted molar refractivity (Wildman–Crippen MR) is 168 cm³/mol. The van der Waals surface area contributed by atoms with Crippen LogP contribution in [0.1, 0.15) is 0 Å². The van der Waals surface area contributed by atoms with Gasteiger partial charge in [-0.1, -0.05) is 5.21 Å². The number of sulfone groups is 1. The Kier molecular flexibility index (Phi) is 15.7. The molecule has 22 nitrogen and oxygen atoms in total. The summed E-state index contributed by atoms with van der Waals surface area (Å²) in [6, 6.07) is 0. The van der Waals surface area contributed by atoms with Crippen LogP contribution in [0.5, 0.6) is 0 Å². The summed E-state index contributed by atoms with van der Waals surface area (Å²) in [4.78, 5) is 26.6. The van der Waals surface area contributed by atoms with Crippen LogP contribution in [0.2, 0.25) is 0 Å². The van der Waals surface area contributed by atoms with Crippen LogP contribution in [-0.4, -0.2) is 207 Å². The first-order valence-corrected chi connectivity index (χ1v) is 18.0. The molecule has 0 aliphatic carbocycles. The maximum absolute atomic E-state index is 13.1. The van der Waals surface area contributed by atoms with Crippen LogP contribution >= 0.6 is 0 Å². The van der Waals surface area contributed by atoms with Crippen molar-refractivity contribution < 1.29 is 81.4 Å². The highest BCUT2D eigenvalue weighted by molar-refractivity contribution is 7.91. The molecule has 0 bridgehead atoms. The number of aliphatic hydroxyl groups is 4. The van der Waals surface area contributed by atoms with Gasteiger partial charge < -0.3 is 73.6 Å². The van der Waals surface area contributed by atoms with E-state index >= 15 is 0 Å². The summed E-state index contributed by atoms with van der Waals surface area (Å²) in [5.41, 5.74) is 0. The third-order valence-electron chi connectivity index (χ3n) is 8.34. The molecule has 3 aliphatic rings. The maximum Gasteiger partial charge on any atom is 0.335 e. The molecule has 10 unspecified atom stereocenters. The molecule has 1 aromatic heterocycles. The van der Waals surface area contributed by atoms with Crippen molar-refractivity contribution in [3.63, 3.8) is 0 Å². The van der Waals surface area contributed by atoms with E-state index in [1.165, 1.54) is 7.11 Å². The fourth-order valence-corrected chi connectivity index (χ4v) is 6.69. The van der Waals surface area contributed by atoms with Crippen molar-refractivity contribution in [2.45, 2.75) is 68.0 Å². The molecular weight excluding hydrogens is 710 g/mol. The molecule has 0 saturated carbocycles. The number of methoxy groups -OCH3 is 2. The van der Waals surface area contributed by atoms with Gasteiger partial charge in [0.25, 0.3) is 5.91 Å². The number of carbonyl (C=O) groups excluding carboxylic acids is 1. The van der Waals surface area contributed by atoms with E-state index in [0.717, 1.165) is 7.11 Å². The zero-order valence-electron chi connectivity index (χ0n) is 28.2. The number of aliphatic carboxylic acids is 1. The van der Waals surface area contributed by atoms with Crippen molar-refractivity contribution in [2.75, 3.05) is 89.9 Å². The second-order valence-electron chi connectivity index (χ2n) is 11.8. The zero-order chi connectivity index (χ0) is 37.1. The molecule has 6 N–H and O–H groups in total. The Labute approximate surface area is 293 Å². The molecule has 51 heavy (non-hydrogen) atoms. The van der Waals surface area contributed by atoms with Crippen molar-refractivity contribution in [1.29, 1.82) is 0 Å². The SMILES string of the molecule is COC1OC(C(=O)NCCOCCOCCOCCn2cc(N3CCS(=O)(=O)CC3)nn2)C(OC2OC(C(=O)O)C(OC)C(O)C2O)C(O)C1O. The topological polar surface area (TPSA) is 289 Å². The van der Waals surface area contributed by atoms with Gasteiger partial charge in [0.2, 0.25) is 0 Å². The van der Waals surface area contributed by atoms with E-state index in [2.05, 4.69) is 15.6 Å². The summed E-state index contributed by atoms with van der Waals surface area (Å²) >= 11 is 0. The summed E-state index contributed by atoms with van der Waals surface area (Å²) in [6.45, 7) is 2.70. The Bertz CT molecular complexity index is 1340. The number of carbonyl (C=O) groups is 2. The first-order chi connectivity index (χ1) is 24.4. The Morgan fingerprint density at radius 2 is 1.43 bits per heavy atom. The van der Waals surface area contributed by atoms with E-state index in [1.807, 2.05) is 4.90 Å². The lowest BCUT2D eigenvalue weighted by atomic mass is 9.96. The molecular formula is C28H47N5O17S. The number of nitrogens with zero attached hydrogens (tertiary/aromatic N) is 4. The molecule has 23 heteroatoms. The van der Waals surface area contributed by atoms with Crippen molar-refractivity contribution in [3.05, 3.63) is 6.20 Å². The summed E-state index contributed by atoms with van der Waals surface area (Å²) in [6.07, 6.45) is -15.2. The maximum atomic E-state index is 13.1. The van der Waals surface area contributed by atoms with Crippen molar-refractivity contribution in [1.82, 2.24) is 20.3 Å². The second kappa shape index (κ2) is 19.4. The van der Waals surface area contributed by atoms with Gasteiger partial charge in [0.05, 0.1) is 63.9 Å². The number of aliphatic hydroxyl groups excluding tert-OH is 4. The van der Waals surface area contributed by atoms with Gasteiger partial charge >= 0.3 is 5.97 Å². The van der Waals surface area contributed by atoms with Crippen LogP contribution in [-0.2, 0) is 63.9 Å². The lowest BCUT2D eigenvalue weighted by Gasteiger charge is -2.45. The normalized spacial score (nSPS) is 32.5. The fourth-order valence-electron chi connectivity index (χ4n) is 5.49. The predicted octanol–water partition coefficient (Wildman–Crippen LogP) is -5.30. The fraction of sp³-hybridized carbons (Fsp3) is 0.857. The average molecular weight is 758 g/mol. The zero-order valence-corrected chi connectivity index (χ0v) is 29.0. The molecule has 0 aromatic carbocycles. The number of anilines is 1. The van der Waals surface area contributed by atoms with E-state index in [4.69, 9.17) is 37.9 Å². The van der Waals surface area contributed by atoms with E-state index in [0.29, 0.717) is 45.3 Å². The molecule has 1 aromatic rings. The van der Waals surface area contributed by atoms with E-state index < -0.39 is 83.1 Å². The number of aromatic nitrogens is 3. The molecule has 3 fully saturated rings. The summed E-state index contributed by atoms with van der Waals surface area (Å²) in [5.74, 6) is -1.53. The molecule has 0 radical (unpaired) electrons. The minimum absolute atomic E-state index is 0.0104. The number of hydrogen-bond acceptors (Lipinski definition) is 19. The minimum atomic E-state index is -2.98. The van der Waals surface area contributed by atoms with Gasteiger partial charge in [0.15, 0.2) is 40.4 Å². The molecule has 3 aliphatic heterocycles. The summed E-state index contributed by atoms with van der Waals surface area (Å²) in [5, 5.41) is 62.3. The number of hydrogen-bond donors (Lipinski definition) is 6. The van der Waals surface area contributed by atoms with Gasteiger partial charge in [-0.2, -0.15) is 0 Å². The van der Waals surface area contributed by atoms with Gasteiger partial charge in [0.1, 0.15) is 36.6 Å². The monoisotopic (exact) mass is 757 g/mol. The summed E-state index contributed by atoms with van der Waals surface area (Å²) in [7, 11) is -0.688. The Balaban J connectivity index is 1.11. The van der Waals surface area contributed by atoms with Crippen molar-refractivity contribution >= 4 is 27.5 Å². The highest BCUT2D eigenvalue weighted by Gasteiger charge is 2.54. The van der Waals surface area contributed by atoms with Gasteiger partial charge in [-0.3, -0.25) is 4.79 Å². The Morgan fingerprint density at radius 1 is 0.843 bits per heavy atom. The van der Waals surface area contributed by atoms with Gasteiger partial charge in [0, 0.05) is 33.9 Å². The molecule has 0 spiro atoms. The third kappa shape index (κ3) is 11.2. The lowest BCUT2D eigenvalue weighted by molar-refractivity contribution is -0.348. The van der Waals surface area contributed by atoms with E-state index in [-0.39, 0.29) is 37.9 Å². The number of rotatable bonds is 19. The Hall–Kier alpha value is -2.65. The average Bonchev–Trinajstić information content (AvgIpc) is 3.57. The van der Waals surface area contributed by atoms with Gasteiger partial charge in [-0.15, -0.1) is 5.10 Å². The van der Waals surface area contributed by atoms with Gasteiger partial charge in [-0.05, 0) is 0 Å². The van der Waals surface area contributed by atoms with Crippen molar-refractivity contribution in [2.24, 2.45) is 0 Å². The number of ether oxygens (including phenoxy) is 8. The number of carboxylic acid groups (broad SMARTS) is 1. The smallest absolute Gasteiger partial charge is 0.335 e. The molecule has 292 valence electrons. The summed E-state index contributed by atoms with van der Waals surface area (Å²) < 4.78 is 67.6. The molecule has 4 heterocycles. The standard InChI is InChI=1S/C28H47N5O17S/c1-43-21-17(34)20(37)28(50-24(21)26(39)40)48-22-18(35)19(36)27(44-2)49-23(22)25(38)29-3-7-45-9-11-47-12-10-46-8-4-33-15-16(30-31-33)32-5-13-51(41,42)14-6-32/h15,17-24,27-28,34-37H,3-14H2,1-2H3,(H,29,38)(H,39,40). The quantitative estimate of drug-likeness (QED) is 0.0719. The van der Waals surface area contributed by atoms with Crippen LogP contribution in [0.4, 0.5) is 5.82 Å². The highest BCUT2D eigenvalue weighted by atomic mass is 32.2. The first-order valence-electron chi connectivity index (χ1n) is 16.2.